The minimum Gasteiger partial charge on any atom is -0.340 e. The number of piperazine rings is 1. The first-order valence-electron chi connectivity index (χ1n) is 7.44. The van der Waals surface area contributed by atoms with Crippen LogP contribution in [0, 0.1) is 0 Å². The molecule has 2 amide bonds. The van der Waals surface area contributed by atoms with Crippen molar-refractivity contribution in [3.63, 3.8) is 0 Å². The molecule has 2 heterocycles. The molecule has 2 aliphatic rings. The summed E-state index contributed by atoms with van der Waals surface area (Å²) >= 11 is 0. The Kier molecular flexibility index (Phi) is 3.51. The lowest BCUT2D eigenvalue weighted by molar-refractivity contribution is -0.135. The summed E-state index contributed by atoms with van der Waals surface area (Å²) in [6.45, 7) is 4.37. The summed E-state index contributed by atoms with van der Waals surface area (Å²) in [6.07, 6.45) is 5.24. The topological polar surface area (TPSA) is 45.5 Å². The van der Waals surface area contributed by atoms with Crippen molar-refractivity contribution in [2.45, 2.75) is 32.2 Å². The van der Waals surface area contributed by atoms with Gasteiger partial charge in [0.05, 0.1) is 0 Å². The highest BCUT2D eigenvalue weighted by molar-refractivity contribution is 5.96. The molecule has 0 unspecified atom stereocenters. The second-order valence-electron chi connectivity index (χ2n) is 5.64. The number of aromatic nitrogens is 1. The van der Waals surface area contributed by atoms with E-state index in [4.69, 9.17) is 0 Å². The molecule has 20 heavy (non-hydrogen) atoms. The third-order valence-electron chi connectivity index (χ3n) is 4.04. The summed E-state index contributed by atoms with van der Waals surface area (Å²) in [5.41, 5.74) is 0.726. The quantitative estimate of drug-likeness (QED) is 0.836. The van der Waals surface area contributed by atoms with Gasteiger partial charge >= 0.3 is 0 Å². The van der Waals surface area contributed by atoms with E-state index in [0.717, 1.165) is 31.5 Å². The van der Waals surface area contributed by atoms with Crippen LogP contribution in [0.4, 0.5) is 0 Å². The smallest absolute Gasteiger partial charge is 0.271 e. The van der Waals surface area contributed by atoms with Crippen molar-refractivity contribution < 1.29 is 9.59 Å². The third kappa shape index (κ3) is 2.44. The summed E-state index contributed by atoms with van der Waals surface area (Å²) in [5, 5.41) is 0. The molecule has 1 aromatic heterocycles. The van der Waals surface area contributed by atoms with Crippen LogP contribution in [0.25, 0.3) is 0 Å². The molecule has 1 aliphatic carbocycles. The molecule has 1 saturated heterocycles. The van der Waals surface area contributed by atoms with Crippen LogP contribution in [-0.4, -0.2) is 52.4 Å². The van der Waals surface area contributed by atoms with E-state index in [-0.39, 0.29) is 18.4 Å². The molecule has 3 rings (SSSR count). The van der Waals surface area contributed by atoms with Crippen LogP contribution in [-0.2, 0) is 4.79 Å². The molecule has 0 N–H and O–H groups in total. The van der Waals surface area contributed by atoms with Crippen molar-refractivity contribution in [3.8, 4) is 0 Å². The van der Waals surface area contributed by atoms with E-state index < -0.39 is 0 Å². The highest BCUT2D eigenvalue weighted by Gasteiger charge is 2.31. The minimum atomic E-state index is -0.00796. The van der Waals surface area contributed by atoms with E-state index in [2.05, 4.69) is 11.5 Å². The average Bonchev–Trinajstić information content (AvgIpc) is 3.18. The number of rotatable bonds is 4. The predicted molar refractivity (Wildman–Crippen MR) is 75.5 cm³/mol. The molecule has 1 aromatic rings. The maximum Gasteiger partial charge on any atom is 0.271 e. The highest BCUT2D eigenvalue weighted by atomic mass is 16.2. The van der Waals surface area contributed by atoms with Crippen LogP contribution in [0.1, 0.15) is 42.7 Å². The van der Waals surface area contributed by atoms with Crippen LogP contribution < -0.4 is 0 Å². The Morgan fingerprint density at radius 3 is 2.80 bits per heavy atom. The zero-order valence-corrected chi connectivity index (χ0v) is 11.9. The molecule has 5 heteroatoms. The first kappa shape index (κ1) is 13.2. The number of hydrogen-bond donors (Lipinski definition) is 0. The molecule has 1 aliphatic heterocycles. The van der Waals surface area contributed by atoms with Gasteiger partial charge in [-0.1, -0.05) is 6.92 Å². The second kappa shape index (κ2) is 5.31. The molecular weight excluding hydrogens is 254 g/mol. The van der Waals surface area contributed by atoms with Gasteiger partial charge in [-0.15, -0.1) is 0 Å². The minimum absolute atomic E-state index is 0.00796. The van der Waals surface area contributed by atoms with Crippen LogP contribution >= 0.6 is 0 Å². The molecular formula is C15H21N3O2. The second-order valence-corrected chi connectivity index (χ2v) is 5.64. The summed E-state index contributed by atoms with van der Waals surface area (Å²) < 4.78 is 2.06. The predicted octanol–water partition coefficient (Wildman–Crippen LogP) is 1.52. The van der Waals surface area contributed by atoms with Crippen molar-refractivity contribution in [2.24, 2.45) is 0 Å². The van der Waals surface area contributed by atoms with Crippen LogP contribution in [0.15, 0.2) is 18.3 Å². The molecule has 0 radical (unpaired) electrons. The monoisotopic (exact) mass is 275 g/mol. The van der Waals surface area contributed by atoms with Gasteiger partial charge in [0.15, 0.2) is 0 Å². The Morgan fingerprint density at radius 1 is 1.35 bits per heavy atom. The SMILES string of the molecule is CCCN1CCN(C(=O)c2cccn2C2CC2)CC1=O. The molecule has 1 saturated carbocycles. The Morgan fingerprint density at radius 2 is 2.15 bits per heavy atom. The Hall–Kier alpha value is -1.78. The average molecular weight is 275 g/mol. The zero-order valence-electron chi connectivity index (χ0n) is 11.9. The molecule has 108 valence electrons. The van der Waals surface area contributed by atoms with E-state index in [1.807, 2.05) is 23.2 Å². The molecule has 0 spiro atoms. The number of hydrogen-bond acceptors (Lipinski definition) is 2. The highest BCUT2D eigenvalue weighted by Crippen LogP contribution is 2.36. The van der Waals surface area contributed by atoms with Gasteiger partial charge < -0.3 is 14.4 Å². The lowest BCUT2D eigenvalue weighted by Gasteiger charge is -2.34. The summed E-state index contributed by atoms with van der Waals surface area (Å²) in [7, 11) is 0. The zero-order chi connectivity index (χ0) is 14.1. The number of carbonyl (C=O) groups excluding carboxylic acids is 2. The van der Waals surface area contributed by atoms with Crippen molar-refractivity contribution in [2.75, 3.05) is 26.2 Å². The molecule has 0 aromatic carbocycles. The summed E-state index contributed by atoms with van der Waals surface area (Å²) in [4.78, 5) is 28.1. The van der Waals surface area contributed by atoms with Gasteiger partial charge in [0.1, 0.15) is 12.2 Å². The lowest BCUT2D eigenvalue weighted by atomic mass is 10.2. The van der Waals surface area contributed by atoms with Crippen molar-refractivity contribution in [1.29, 1.82) is 0 Å². The van der Waals surface area contributed by atoms with Crippen molar-refractivity contribution in [1.82, 2.24) is 14.4 Å². The fourth-order valence-electron chi connectivity index (χ4n) is 2.80. The number of nitrogens with zero attached hydrogens (tertiary/aromatic N) is 3. The van der Waals surface area contributed by atoms with Gasteiger partial charge in [-0.05, 0) is 31.4 Å². The number of carbonyl (C=O) groups is 2. The van der Waals surface area contributed by atoms with Crippen molar-refractivity contribution >= 4 is 11.8 Å². The molecule has 0 atom stereocenters. The Labute approximate surface area is 119 Å². The van der Waals surface area contributed by atoms with Crippen molar-refractivity contribution in [3.05, 3.63) is 24.0 Å². The fourth-order valence-corrected chi connectivity index (χ4v) is 2.80. The summed E-state index contributed by atoms with van der Waals surface area (Å²) in [6, 6.07) is 4.27. The number of amides is 2. The molecule has 0 bridgehead atoms. The fraction of sp³-hybridized carbons (Fsp3) is 0.600. The van der Waals surface area contributed by atoms with Gasteiger partial charge in [-0.2, -0.15) is 0 Å². The van der Waals surface area contributed by atoms with E-state index >= 15 is 0 Å². The molecule has 5 nitrogen and oxygen atoms in total. The van der Waals surface area contributed by atoms with Gasteiger partial charge in [-0.25, -0.2) is 0 Å². The van der Waals surface area contributed by atoms with E-state index in [9.17, 15) is 9.59 Å². The van der Waals surface area contributed by atoms with E-state index in [1.54, 1.807) is 4.90 Å². The van der Waals surface area contributed by atoms with E-state index in [1.165, 1.54) is 0 Å². The summed E-state index contributed by atoms with van der Waals surface area (Å²) in [5.74, 6) is 0.0578. The van der Waals surface area contributed by atoms with E-state index in [0.29, 0.717) is 19.1 Å². The Bertz CT molecular complexity index is 519. The largest absolute Gasteiger partial charge is 0.340 e. The van der Waals surface area contributed by atoms with Gasteiger partial charge in [-0.3, -0.25) is 9.59 Å². The first-order valence-corrected chi connectivity index (χ1v) is 7.44. The maximum absolute atomic E-state index is 12.6. The maximum atomic E-state index is 12.6. The third-order valence-corrected chi connectivity index (χ3v) is 4.04. The van der Waals surface area contributed by atoms with Gasteiger partial charge in [0.25, 0.3) is 5.91 Å². The van der Waals surface area contributed by atoms with Crippen LogP contribution in [0.5, 0.6) is 0 Å². The Balaban J connectivity index is 1.69. The van der Waals surface area contributed by atoms with Crippen LogP contribution in [0.2, 0.25) is 0 Å². The normalized spacial score (nSPS) is 19.6. The standard InChI is InChI=1S/C15H21N3O2/c1-2-7-16-9-10-17(11-14(16)19)15(20)13-4-3-8-18(13)12-5-6-12/h3-4,8,12H,2,5-7,9-11H2,1H3. The van der Waals surface area contributed by atoms with Gasteiger partial charge in [0, 0.05) is 31.9 Å². The van der Waals surface area contributed by atoms with Gasteiger partial charge in [0.2, 0.25) is 5.91 Å². The lowest BCUT2D eigenvalue weighted by Crippen LogP contribution is -2.52. The molecule has 2 fully saturated rings. The van der Waals surface area contributed by atoms with Crippen LogP contribution in [0.3, 0.4) is 0 Å². The first-order chi connectivity index (χ1) is 9.70.